The number of amides is 1. The number of hydrogen-bond donors (Lipinski definition) is 2. The third kappa shape index (κ3) is 3.11. The van der Waals surface area contributed by atoms with Crippen LogP contribution in [0, 0.1) is 0 Å². The molecule has 2 heterocycles. The molecule has 112 valence electrons. The normalized spacial score (nSPS) is 16.5. The van der Waals surface area contributed by atoms with Gasteiger partial charge in [-0.2, -0.15) is 5.10 Å². The zero-order chi connectivity index (χ0) is 15.4. The van der Waals surface area contributed by atoms with Gasteiger partial charge < -0.3 is 4.74 Å². The number of carbonyl (C=O) groups excluding carboxylic acids is 1. The van der Waals surface area contributed by atoms with Gasteiger partial charge >= 0.3 is 6.09 Å². The van der Waals surface area contributed by atoms with Gasteiger partial charge in [0.1, 0.15) is 11.8 Å². The van der Waals surface area contributed by atoms with Crippen LogP contribution in [0.3, 0.4) is 0 Å². The Balaban J connectivity index is 1.67. The van der Waals surface area contributed by atoms with Crippen LogP contribution in [0.15, 0.2) is 53.8 Å². The molecule has 0 saturated heterocycles. The molecule has 1 atom stereocenters. The van der Waals surface area contributed by atoms with Crippen LogP contribution in [0.4, 0.5) is 10.5 Å². The van der Waals surface area contributed by atoms with Crippen molar-refractivity contribution >= 4 is 11.8 Å². The van der Waals surface area contributed by atoms with Crippen LogP contribution in [-0.2, 0) is 4.74 Å². The highest BCUT2D eigenvalue weighted by atomic mass is 16.6. The lowest BCUT2D eigenvalue weighted by Gasteiger charge is -2.14. The molecule has 1 unspecified atom stereocenters. The van der Waals surface area contributed by atoms with Crippen molar-refractivity contribution in [1.29, 1.82) is 0 Å². The SMILES string of the molecule is O=C(Nc1cnc(-n2cccn2)[nH]c1=O)OC1C=CC=CC1. The molecule has 22 heavy (non-hydrogen) atoms. The van der Waals surface area contributed by atoms with Crippen molar-refractivity contribution in [2.24, 2.45) is 0 Å². The Morgan fingerprint density at radius 1 is 1.45 bits per heavy atom. The van der Waals surface area contributed by atoms with E-state index in [9.17, 15) is 9.59 Å². The largest absolute Gasteiger partial charge is 0.441 e. The number of aromatic nitrogens is 4. The summed E-state index contributed by atoms with van der Waals surface area (Å²) in [6, 6.07) is 1.70. The fourth-order valence-electron chi connectivity index (χ4n) is 1.91. The first kappa shape index (κ1) is 13.8. The van der Waals surface area contributed by atoms with Crippen LogP contribution in [0.2, 0.25) is 0 Å². The highest BCUT2D eigenvalue weighted by Crippen LogP contribution is 2.09. The number of hydrogen-bond acceptors (Lipinski definition) is 5. The van der Waals surface area contributed by atoms with Gasteiger partial charge in [-0.3, -0.25) is 15.1 Å². The Bertz CT molecular complexity index is 776. The smallest absolute Gasteiger partial charge is 0.412 e. The van der Waals surface area contributed by atoms with E-state index in [2.05, 4.69) is 20.4 Å². The van der Waals surface area contributed by atoms with Crippen molar-refractivity contribution in [2.45, 2.75) is 12.5 Å². The highest BCUT2D eigenvalue weighted by molar-refractivity contribution is 5.84. The Morgan fingerprint density at radius 2 is 2.36 bits per heavy atom. The fraction of sp³-hybridized carbons (Fsp3) is 0.143. The van der Waals surface area contributed by atoms with E-state index in [-0.39, 0.29) is 17.7 Å². The molecular weight excluding hydrogens is 286 g/mol. The number of rotatable bonds is 3. The summed E-state index contributed by atoms with van der Waals surface area (Å²) in [6.07, 6.45) is 11.4. The van der Waals surface area contributed by atoms with E-state index < -0.39 is 11.7 Å². The third-order valence-electron chi connectivity index (χ3n) is 2.94. The maximum absolute atomic E-state index is 11.9. The van der Waals surface area contributed by atoms with Gasteiger partial charge in [-0.1, -0.05) is 18.2 Å². The van der Waals surface area contributed by atoms with Gasteiger partial charge in [0.25, 0.3) is 5.56 Å². The van der Waals surface area contributed by atoms with Crippen LogP contribution < -0.4 is 10.9 Å². The predicted octanol–water partition coefficient (Wildman–Crippen LogP) is 1.39. The second-order valence-corrected chi connectivity index (χ2v) is 4.52. The molecule has 1 aliphatic rings. The average molecular weight is 299 g/mol. The van der Waals surface area contributed by atoms with Gasteiger partial charge in [-0.15, -0.1) is 0 Å². The number of nitrogens with zero attached hydrogens (tertiary/aromatic N) is 3. The van der Waals surface area contributed by atoms with Crippen molar-refractivity contribution in [3.63, 3.8) is 0 Å². The summed E-state index contributed by atoms with van der Waals surface area (Å²) in [5, 5.41) is 6.33. The van der Waals surface area contributed by atoms with Crippen LogP contribution in [0.25, 0.3) is 5.95 Å². The molecule has 0 aromatic carbocycles. The quantitative estimate of drug-likeness (QED) is 0.891. The standard InChI is InChI=1S/C14H13N5O3/c20-12-11(9-15-13(18-12)19-8-4-7-16-19)17-14(21)22-10-5-2-1-3-6-10/h1-5,7-10H,6H2,(H,17,21)(H,15,18,20). The Hall–Kier alpha value is -3.16. The Morgan fingerprint density at radius 3 is 3.05 bits per heavy atom. The number of allylic oxidation sites excluding steroid dienone is 2. The summed E-state index contributed by atoms with van der Waals surface area (Å²) >= 11 is 0. The number of anilines is 1. The molecule has 0 saturated carbocycles. The van der Waals surface area contributed by atoms with E-state index in [0.717, 1.165) is 0 Å². The highest BCUT2D eigenvalue weighted by Gasteiger charge is 2.13. The monoisotopic (exact) mass is 299 g/mol. The lowest BCUT2D eigenvalue weighted by Crippen LogP contribution is -2.25. The Labute approximate surface area is 125 Å². The number of aromatic amines is 1. The molecule has 1 aliphatic carbocycles. The first-order valence-corrected chi connectivity index (χ1v) is 6.63. The lowest BCUT2D eigenvalue weighted by atomic mass is 10.1. The van der Waals surface area contributed by atoms with E-state index in [1.165, 1.54) is 10.9 Å². The van der Waals surface area contributed by atoms with Crippen molar-refractivity contribution < 1.29 is 9.53 Å². The van der Waals surface area contributed by atoms with E-state index in [4.69, 9.17) is 4.74 Å². The maximum atomic E-state index is 11.9. The second-order valence-electron chi connectivity index (χ2n) is 4.52. The fourth-order valence-corrected chi connectivity index (χ4v) is 1.91. The molecule has 2 N–H and O–H groups in total. The molecule has 0 bridgehead atoms. The Kier molecular flexibility index (Phi) is 3.82. The number of H-pyrrole nitrogens is 1. The van der Waals surface area contributed by atoms with Crippen LogP contribution in [0.1, 0.15) is 6.42 Å². The van der Waals surface area contributed by atoms with Crippen molar-refractivity contribution in [3.8, 4) is 5.95 Å². The number of nitrogens with one attached hydrogen (secondary N) is 2. The van der Waals surface area contributed by atoms with Gasteiger partial charge in [0, 0.05) is 18.8 Å². The minimum atomic E-state index is -0.705. The molecule has 8 heteroatoms. The molecule has 1 amide bonds. The summed E-state index contributed by atoms with van der Waals surface area (Å²) in [6.45, 7) is 0. The average Bonchev–Trinajstić information content (AvgIpc) is 3.04. The number of carbonyl (C=O) groups is 1. The first-order chi connectivity index (χ1) is 10.7. The molecule has 8 nitrogen and oxygen atoms in total. The van der Waals surface area contributed by atoms with Crippen molar-refractivity contribution in [1.82, 2.24) is 19.7 Å². The minimum Gasteiger partial charge on any atom is -0.441 e. The van der Waals surface area contributed by atoms with E-state index >= 15 is 0 Å². The lowest BCUT2D eigenvalue weighted by molar-refractivity contribution is 0.134. The van der Waals surface area contributed by atoms with Crippen molar-refractivity contribution in [2.75, 3.05) is 5.32 Å². The zero-order valence-electron chi connectivity index (χ0n) is 11.5. The van der Waals surface area contributed by atoms with E-state index in [1.54, 1.807) is 30.6 Å². The topological polar surface area (TPSA) is 102 Å². The zero-order valence-corrected chi connectivity index (χ0v) is 11.5. The van der Waals surface area contributed by atoms with Gasteiger partial charge in [-0.05, 0) is 12.1 Å². The molecule has 2 aromatic rings. The minimum absolute atomic E-state index is 0.0104. The molecule has 2 aromatic heterocycles. The molecule has 0 spiro atoms. The van der Waals surface area contributed by atoms with Crippen LogP contribution >= 0.6 is 0 Å². The maximum Gasteiger partial charge on any atom is 0.412 e. The van der Waals surface area contributed by atoms with Gasteiger partial charge in [0.15, 0.2) is 0 Å². The van der Waals surface area contributed by atoms with Gasteiger partial charge in [0.2, 0.25) is 5.95 Å². The van der Waals surface area contributed by atoms with Gasteiger partial charge in [0.05, 0.1) is 6.20 Å². The van der Waals surface area contributed by atoms with Crippen molar-refractivity contribution in [3.05, 3.63) is 59.3 Å². The summed E-state index contributed by atoms with van der Waals surface area (Å²) in [5.41, 5.74) is -0.479. The molecule has 0 fully saturated rings. The third-order valence-corrected chi connectivity index (χ3v) is 2.94. The van der Waals surface area contributed by atoms with Crippen LogP contribution in [0.5, 0.6) is 0 Å². The number of ether oxygens (including phenoxy) is 1. The van der Waals surface area contributed by atoms with Crippen LogP contribution in [-0.4, -0.2) is 31.9 Å². The van der Waals surface area contributed by atoms with E-state index in [1.807, 2.05) is 12.2 Å². The molecule has 3 rings (SSSR count). The summed E-state index contributed by atoms with van der Waals surface area (Å²) in [5.74, 6) is 0.259. The molecule has 0 radical (unpaired) electrons. The predicted molar refractivity (Wildman–Crippen MR) is 78.8 cm³/mol. The molecule has 0 aliphatic heterocycles. The first-order valence-electron chi connectivity index (χ1n) is 6.63. The molecular formula is C14H13N5O3. The summed E-state index contributed by atoms with van der Waals surface area (Å²) in [7, 11) is 0. The second kappa shape index (κ2) is 6.08. The van der Waals surface area contributed by atoms with Gasteiger partial charge in [-0.25, -0.2) is 14.5 Å². The summed E-state index contributed by atoms with van der Waals surface area (Å²) < 4.78 is 6.57. The summed E-state index contributed by atoms with van der Waals surface area (Å²) in [4.78, 5) is 30.2. The van der Waals surface area contributed by atoms with E-state index in [0.29, 0.717) is 6.42 Å².